The zero-order chi connectivity index (χ0) is 13.0. The number of hydrogen-bond donors (Lipinski definition) is 3. The lowest BCUT2D eigenvalue weighted by Crippen LogP contribution is -2.20. The zero-order valence-electron chi connectivity index (χ0n) is 9.46. The van der Waals surface area contributed by atoms with Gasteiger partial charge in [0.25, 0.3) is 5.91 Å². The number of thioether (sulfide) groups is 1. The maximum Gasteiger partial charge on any atom is 0.264 e. The van der Waals surface area contributed by atoms with Crippen molar-refractivity contribution in [3.63, 3.8) is 0 Å². The molecule has 0 saturated carbocycles. The molecule has 1 aliphatic heterocycles. The first-order valence-electron chi connectivity index (χ1n) is 5.35. The molecule has 0 aromatic heterocycles. The highest BCUT2D eigenvalue weighted by atomic mass is 32.2. The van der Waals surface area contributed by atoms with Crippen LogP contribution in [0.15, 0.2) is 34.2 Å². The predicted octanol–water partition coefficient (Wildman–Crippen LogP) is 0.944. The predicted molar refractivity (Wildman–Crippen MR) is 71.2 cm³/mol. The van der Waals surface area contributed by atoms with Gasteiger partial charge in [-0.05, 0) is 23.9 Å². The number of phenolic OH excluding ortho intramolecular Hbond substituents is 1. The van der Waals surface area contributed by atoms with Crippen LogP contribution in [-0.2, 0) is 4.79 Å². The number of nitrogens with one attached hydrogen (secondary N) is 1. The lowest BCUT2D eigenvalue weighted by atomic mass is 10.2. The highest BCUT2D eigenvalue weighted by molar-refractivity contribution is 8.18. The lowest BCUT2D eigenvalue weighted by molar-refractivity contribution is -0.115. The Bertz CT molecular complexity index is 526. The number of aliphatic hydroxyl groups excluding tert-OH is 1. The summed E-state index contributed by atoms with van der Waals surface area (Å²) in [5.41, 5.74) is 0.582. The van der Waals surface area contributed by atoms with E-state index >= 15 is 0 Å². The summed E-state index contributed by atoms with van der Waals surface area (Å²) >= 11 is 1.19. The Morgan fingerprint density at radius 2 is 2.17 bits per heavy atom. The van der Waals surface area contributed by atoms with Gasteiger partial charge in [0.2, 0.25) is 0 Å². The molecule has 0 aliphatic carbocycles. The number of amidine groups is 1. The molecule has 2 rings (SSSR count). The molecule has 1 heterocycles. The van der Waals surface area contributed by atoms with Gasteiger partial charge in [0.05, 0.1) is 18.1 Å². The molecule has 0 radical (unpaired) electrons. The SMILES string of the molecule is O=C1NC(=NCCO)S/C1=C\c1ccccc1O. The van der Waals surface area contributed by atoms with Crippen LogP contribution in [0, 0.1) is 0 Å². The zero-order valence-corrected chi connectivity index (χ0v) is 10.3. The second-order valence-electron chi connectivity index (χ2n) is 3.53. The first-order valence-corrected chi connectivity index (χ1v) is 6.16. The van der Waals surface area contributed by atoms with Gasteiger partial charge >= 0.3 is 0 Å². The lowest BCUT2D eigenvalue weighted by Gasteiger charge is -1.98. The standard InChI is InChI=1S/C12H12N2O3S/c15-6-5-13-12-14-11(17)10(18-12)7-8-3-1-2-4-9(8)16/h1-4,7,15-16H,5-6H2,(H,13,14,17)/b10-7-. The van der Waals surface area contributed by atoms with E-state index in [2.05, 4.69) is 10.3 Å². The molecule has 6 heteroatoms. The molecule has 0 atom stereocenters. The number of carbonyl (C=O) groups excluding carboxylic acids is 1. The number of nitrogens with zero attached hydrogens (tertiary/aromatic N) is 1. The molecule has 0 unspecified atom stereocenters. The maximum absolute atomic E-state index is 11.6. The Kier molecular flexibility index (Phi) is 4.01. The van der Waals surface area contributed by atoms with Crippen LogP contribution in [0.4, 0.5) is 0 Å². The molecule has 1 aromatic rings. The van der Waals surface area contributed by atoms with Crippen molar-refractivity contribution in [1.29, 1.82) is 0 Å². The van der Waals surface area contributed by atoms with Crippen LogP contribution in [0.25, 0.3) is 6.08 Å². The molecular formula is C12H12N2O3S. The summed E-state index contributed by atoms with van der Waals surface area (Å²) in [6.45, 7) is 0.199. The molecule has 3 N–H and O–H groups in total. The summed E-state index contributed by atoms with van der Waals surface area (Å²) in [5.74, 6) is -0.126. The number of phenols is 1. The number of aliphatic hydroxyl groups is 1. The first-order chi connectivity index (χ1) is 8.70. The average molecular weight is 264 g/mol. The third-order valence-corrected chi connectivity index (χ3v) is 3.18. The number of aromatic hydroxyl groups is 1. The molecule has 1 fully saturated rings. The van der Waals surface area contributed by atoms with Crippen molar-refractivity contribution in [2.24, 2.45) is 4.99 Å². The van der Waals surface area contributed by atoms with Crippen LogP contribution in [0.2, 0.25) is 0 Å². The van der Waals surface area contributed by atoms with Gasteiger partial charge in [-0.25, -0.2) is 0 Å². The summed E-state index contributed by atoms with van der Waals surface area (Å²) < 4.78 is 0. The molecule has 18 heavy (non-hydrogen) atoms. The van der Waals surface area contributed by atoms with Gasteiger partial charge in [-0.15, -0.1) is 0 Å². The summed E-state index contributed by atoms with van der Waals surface area (Å²) in [4.78, 5) is 16.1. The van der Waals surface area contributed by atoms with Crippen molar-refractivity contribution in [1.82, 2.24) is 5.32 Å². The van der Waals surface area contributed by atoms with Crippen molar-refractivity contribution in [3.8, 4) is 5.75 Å². The Labute approximate surface area is 108 Å². The number of hydrogen-bond acceptors (Lipinski definition) is 5. The minimum absolute atomic E-state index is 0.0571. The second kappa shape index (κ2) is 5.70. The van der Waals surface area contributed by atoms with Gasteiger partial charge in [0, 0.05) is 5.56 Å². The molecule has 1 amide bonds. The molecule has 1 aliphatic rings. The van der Waals surface area contributed by atoms with Crippen molar-refractivity contribution >= 4 is 28.9 Å². The van der Waals surface area contributed by atoms with Crippen molar-refractivity contribution < 1.29 is 15.0 Å². The second-order valence-corrected chi connectivity index (χ2v) is 4.56. The van der Waals surface area contributed by atoms with Crippen LogP contribution >= 0.6 is 11.8 Å². The largest absolute Gasteiger partial charge is 0.507 e. The number of rotatable bonds is 3. The third kappa shape index (κ3) is 2.91. The van der Waals surface area contributed by atoms with Crippen LogP contribution in [0.1, 0.15) is 5.56 Å². The summed E-state index contributed by atoms with van der Waals surface area (Å²) in [6.07, 6.45) is 1.61. The monoisotopic (exact) mass is 264 g/mol. The van der Waals surface area contributed by atoms with E-state index in [4.69, 9.17) is 5.11 Å². The van der Waals surface area contributed by atoms with Crippen molar-refractivity contribution in [2.75, 3.05) is 13.2 Å². The van der Waals surface area contributed by atoms with E-state index < -0.39 is 0 Å². The smallest absolute Gasteiger partial charge is 0.264 e. The summed E-state index contributed by atoms with van der Waals surface area (Å²) in [6, 6.07) is 6.78. The number of carbonyl (C=O) groups is 1. The number of para-hydroxylation sites is 1. The van der Waals surface area contributed by atoms with Crippen LogP contribution in [-0.4, -0.2) is 34.4 Å². The van der Waals surface area contributed by atoms with E-state index in [1.165, 1.54) is 11.8 Å². The fraction of sp³-hybridized carbons (Fsp3) is 0.167. The summed E-state index contributed by atoms with van der Waals surface area (Å²) in [5, 5.41) is 21.3. The third-order valence-electron chi connectivity index (χ3n) is 2.23. The van der Waals surface area contributed by atoms with E-state index in [1.54, 1.807) is 30.3 Å². The number of aliphatic imine (C=N–C) groups is 1. The molecule has 1 saturated heterocycles. The van der Waals surface area contributed by atoms with Gasteiger partial charge in [-0.3, -0.25) is 9.79 Å². The van der Waals surface area contributed by atoms with Crippen LogP contribution in [0.5, 0.6) is 5.75 Å². The van der Waals surface area contributed by atoms with Gasteiger partial charge in [-0.2, -0.15) is 0 Å². The van der Waals surface area contributed by atoms with Crippen molar-refractivity contribution in [2.45, 2.75) is 0 Å². The maximum atomic E-state index is 11.6. The average Bonchev–Trinajstić information content (AvgIpc) is 2.70. The van der Waals surface area contributed by atoms with Gasteiger partial charge < -0.3 is 15.5 Å². The highest BCUT2D eigenvalue weighted by Gasteiger charge is 2.23. The number of benzene rings is 1. The minimum atomic E-state index is -0.250. The Morgan fingerprint density at radius 3 is 2.89 bits per heavy atom. The normalized spacial score (nSPS) is 19.5. The molecule has 0 bridgehead atoms. The quantitative estimate of drug-likeness (QED) is 0.710. The van der Waals surface area contributed by atoms with Crippen LogP contribution < -0.4 is 5.32 Å². The fourth-order valence-electron chi connectivity index (χ4n) is 1.40. The highest BCUT2D eigenvalue weighted by Crippen LogP contribution is 2.28. The van der Waals surface area contributed by atoms with Gasteiger partial charge in [0.1, 0.15) is 5.75 Å². The molecular weight excluding hydrogens is 252 g/mol. The van der Waals surface area contributed by atoms with E-state index in [0.29, 0.717) is 15.6 Å². The topological polar surface area (TPSA) is 81.9 Å². The number of amides is 1. The van der Waals surface area contributed by atoms with E-state index in [9.17, 15) is 9.90 Å². The molecule has 1 aromatic carbocycles. The first kappa shape index (κ1) is 12.7. The molecule has 94 valence electrons. The minimum Gasteiger partial charge on any atom is -0.507 e. The van der Waals surface area contributed by atoms with E-state index in [-0.39, 0.29) is 24.8 Å². The molecule has 0 spiro atoms. The summed E-state index contributed by atoms with van der Waals surface area (Å²) in [7, 11) is 0. The van der Waals surface area contributed by atoms with Gasteiger partial charge in [0.15, 0.2) is 5.17 Å². The van der Waals surface area contributed by atoms with E-state index in [1.807, 2.05) is 0 Å². The van der Waals surface area contributed by atoms with E-state index in [0.717, 1.165) is 0 Å². The fourth-order valence-corrected chi connectivity index (χ4v) is 2.24. The van der Waals surface area contributed by atoms with Gasteiger partial charge in [-0.1, -0.05) is 18.2 Å². The Morgan fingerprint density at radius 1 is 1.39 bits per heavy atom. The van der Waals surface area contributed by atoms with Crippen LogP contribution in [0.3, 0.4) is 0 Å². The Hall–Kier alpha value is -1.79. The molecule has 5 nitrogen and oxygen atoms in total. The Balaban J connectivity index is 2.20. The van der Waals surface area contributed by atoms with Crippen molar-refractivity contribution in [3.05, 3.63) is 34.7 Å².